The number of morpholine rings is 1. The molecule has 1 amide bonds. The summed E-state index contributed by atoms with van der Waals surface area (Å²) >= 11 is 0. The Morgan fingerprint density at radius 2 is 2.00 bits per heavy atom. The van der Waals surface area contributed by atoms with Crippen LogP contribution in [0.25, 0.3) is 11.1 Å². The number of furan rings is 1. The van der Waals surface area contributed by atoms with Crippen molar-refractivity contribution in [3.8, 4) is 0 Å². The third-order valence-corrected chi connectivity index (χ3v) is 4.79. The van der Waals surface area contributed by atoms with Crippen LogP contribution in [0.15, 0.2) is 10.7 Å². The number of carbonyl (C=O) groups is 1. The maximum atomic E-state index is 12.8. The van der Waals surface area contributed by atoms with Gasteiger partial charge in [0.15, 0.2) is 0 Å². The number of aryl methyl sites for hydroxylation is 1. The van der Waals surface area contributed by atoms with E-state index in [-0.39, 0.29) is 5.91 Å². The van der Waals surface area contributed by atoms with Gasteiger partial charge in [-0.15, -0.1) is 0 Å². The van der Waals surface area contributed by atoms with Crippen LogP contribution in [0.1, 0.15) is 30.0 Å². The summed E-state index contributed by atoms with van der Waals surface area (Å²) in [6.07, 6.45) is 1.48. The van der Waals surface area contributed by atoms with Gasteiger partial charge in [0.2, 0.25) is 5.71 Å². The fourth-order valence-electron chi connectivity index (χ4n) is 3.27. The van der Waals surface area contributed by atoms with Crippen molar-refractivity contribution < 1.29 is 13.9 Å². The van der Waals surface area contributed by atoms with E-state index in [9.17, 15) is 4.79 Å². The molecule has 0 atom stereocenters. The van der Waals surface area contributed by atoms with Gasteiger partial charge in [-0.1, -0.05) is 13.8 Å². The third kappa shape index (κ3) is 3.81. The minimum atomic E-state index is -0.141. The van der Waals surface area contributed by atoms with Gasteiger partial charge in [-0.05, 0) is 20.0 Å². The first-order valence-electron chi connectivity index (χ1n) is 9.23. The molecule has 3 heterocycles. The van der Waals surface area contributed by atoms with Crippen LogP contribution in [0.4, 0.5) is 5.82 Å². The van der Waals surface area contributed by atoms with Crippen molar-refractivity contribution in [2.45, 2.75) is 20.8 Å². The number of likely N-dealkylation sites (N-methyl/N-ethyl adjacent to an activating group) is 1. The van der Waals surface area contributed by atoms with Crippen molar-refractivity contribution in [2.24, 2.45) is 0 Å². The highest BCUT2D eigenvalue weighted by atomic mass is 16.5. The zero-order chi connectivity index (χ0) is 18.5. The molecule has 8 nitrogen and oxygen atoms in total. The van der Waals surface area contributed by atoms with Crippen molar-refractivity contribution in [3.63, 3.8) is 0 Å². The first-order chi connectivity index (χ1) is 12.7. The predicted molar refractivity (Wildman–Crippen MR) is 99.7 cm³/mol. The first-order valence-corrected chi connectivity index (χ1v) is 9.23. The molecule has 0 aliphatic carbocycles. The molecule has 0 unspecified atom stereocenters. The maximum absolute atomic E-state index is 12.8. The lowest BCUT2D eigenvalue weighted by Crippen LogP contribution is -2.37. The lowest BCUT2D eigenvalue weighted by atomic mass is 10.1. The standard InChI is InChI=1S/C18H27N5O3/c1-4-22(5-2)7-6-19-17(24)14-13(3)26-18-15(14)16(20-12-21-18)23-8-10-25-11-9-23/h12H,4-11H2,1-3H3,(H,19,24). The molecule has 0 bridgehead atoms. The Labute approximate surface area is 153 Å². The van der Waals surface area contributed by atoms with E-state index < -0.39 is 0 Å². The molecule has 1 aliphatic rings. The van der Waals surface area contributed by atoms with Crippen LogP contribution < -0.4 is 10.2 Å². The maximum Gasteiger partial charge on any atom is 0.255 e. The smallest absolute Gasteiger partial charge is 0.255 e. The van der Waals surface area contributed by atoms with Crippen molar-refractivity contribution >= 4 is 22.8 Å². The van der Waals surface area contributed by atoms with Crippen molar-refractivity contribution in [1.82, 2.24) is 20.2 Å². The lowest BCUT2D eigenvalue weighted by Gasteiger charge is -2.28. The lowest BCUT2D eigenvalue weighted by molar-refractivity contribution is 0.0949. The molecule has 0 saturated carbocycles. The Morgan fingerprint density at radius 1 is 1.27 bits per heavy atom. The van der Waals surface area contributed by atoms with Gasteiger partial charge in [-0.25, -0.2) is 9.97 Å². The summed E-state index contributed by atoms with van der Waals surface area (Å²) in [5.74, 6) is 1.16. The summed E-state index contributed by atoms with van der Waals surface area (Å²) in [7, 11) is 0. The fourth-order valence-corrected chi connectivity index (χ4v) is 3.27. The number of nitrogens with one attached hydrogen (secondary N) is 1. The number of anilines is 1. The highest BCUT2D eigenvalue weighted by Crippen LogP contribution is 2.31. The van der Waals surface area contributed by atoms with Crippen molar-refractivity contribution in [2.75, 3.05) is 57.4 Å². The van der Waals surface area contributed by atoms with Crippen molar-refractivity contribution in [1.29, 1.82) is 0 Å². The van der Waals surface area contributed by atoms with Gasteiger partial charge >= 0.3 is 0 Å². The summed E-state index contributed by atoms with van der Waals surface area (Å²) in [6, 6.07) is 0. The fraction of sp³-hybridized carbons (Fsp3) is 0.611. The molecule has 0 radical (unpaired) electrons. The average Bonchev–Trinajstić information content (AvgIpc) is 3.01. The number of hydrogen-bond acceptors (Lipinski definition) is 7. The zero-order valence-corrected chi connectivity index (χ0v) is 15.7. The molecule has 142 valence electrons. The highest BCUT2D eigenvalue weighted by Gasteiger charge is 2.25. The number of amides is 1. The van der Waals surface area contributed by atoms with Crippen LogP contribution in [0.5, 0.6) is 0 Å². The summed E-state index contributed by atoms with van der Waals surface area (Å²) in [6.45, 7) is 12.1. The van der Waals surface area contributed by atoms with E-state index in [4.69, 9.17) is 9.15 Å². The van der Waals surface area contributed by atoms with E-state index in [1.54, 1.807) is 6.92 Å². The van der Waals surface area contributed by atoms with Gasteiger partial charge in [-0.2, -0.15) is 0 Å². The first kappa shape index (κ1) is 18.6. The van der Waals surface area contributed by atoms with Gasteiger partial charge in [-0.3, -0.25) is 4.79 Å². The average molecular weight is 361 g/mol. The molecular weight excluding hydrogens is 334 g/mol. The Kier molecular flexibility index (Phi) is 6.05. The molecule has 1 N–H and O–H groups in total. The topological polar surface area (TPSA) is 83.7 Å². The molecule has 3 rings (SSSR count). The molecule has 1 fully saturated rings. The molecule has 26 heavy (non-hydrogen) atoms. The second kappa shape index (κ2) is 8.46. The van der Waals surface area contributed by atoms with Gasteiger partial charge < -0.3 is 24.3 Å². The van der Waals surface area contributed by atoms with E-state index in [2.05, 4.69) is 38.9 Å². The van der Waals surface area contributed by atoms with Crippen LogP contribution >= 0.6 is 0 Å². The molecule has 0 aromatic carbocycles. The van der Waals surface area contributed by atoms with Crippen LogP contribution in [0.2, 0.25) is 0 Å². The summed E-state index contributed by atoms with van der Waals surface area (Å²) < 4.78 is 11.2. The summed E-state index contributed by atoms with van der Waals surface area (Å²) in [5.41, 5.74) is 0.981. The largest absolute Gasteiger partial charge is 0.442 e. The Hall–Kier alpha value is -2.19. The Morgan fingerprint density at radius 3 is 2.69 bits per heavy atom. The van der Waals surface area contributed by atoms with E-state index in [1.807, 2.05) is 0 Å². The van der Waals surface area contributed by atoms with Gasteiger partial charge in [0.05, 0.1) is 24.2 Å². The third-order valence-electron chi connectivity index (χ3n) is 4.79. The van der Waals surface area contributed by atoms with Crippen LogP contribution in [0.3, 0.4) is 0 Å². The van der Waals surface area contributed by atoms with Gasteiger partial charge in [0.1, 0.15) is 17.9 Å². The molecular formula is C18H27N5O3. The van der Waals surface area contributed by atoms with Gasteiger partial charge in [0.25, 0.3) is 5.91 Å². The number of hydrogen-bond donors (Lipinski definition) is 1. The van der Waals surface area contributed by atoms with E-state index in [0.717, 1.165) is 38.5 Å². The van der Waals surface area contributed by atoms with E-state index in [0.29, 0.717) is 42.2 Å². The quantitative estimate of drug-likeness (QED) is 0.799. The number of carbonyl (C=O) groups excluding carboxylic acids is 1. The monoisotopic (exact) mass is 361 g/mol. The van der Waals surface area contributed by atoms with E-state index >= 15 is 0 Å². The normalized spacial score (nSPS) is 15.0. The highest BCUT2D eigenvalue weighted by molar-refractivity contribution is 6.10. The molecule has 1 aliphatic heterocycles. The van der Waals surface area contributed by atoms with Crippen LogP contribution in [0, 0.1) is 6.92 Å². The van der Waals surface area contributed by atoms with Crippen LogP contribution in [-0.4, -0.2) is 73.3 Å². The second-order valence-electron chi connectivity index (χ2n) is 6.29. The molecule has 8 heteroatoms. The SMILES string of the molecule is CCN(CC)CCNC(=O)c1c(C)oc2ncnc(N3CCOCC3)c12. The number of aromatic nitrogens is 2. The zero-order valence-electron chi connectivity index (χ0n) is 15.7. The Bertz CT molecular complexity index is 751. The minimum Gasteiger partial charge on any atom is -0.442 e. The molecule has 2 aromatic rings. The van der Waals surface area contributed by atoms with E-state index in [1.165, 1.54) is 6.33 Å². The minimum absolute atomic E-state index is 0.141. The van der Waals surface area contributed by atoms with Crippen LogP contribution in [-0.2, 0) is 4.74 Å². The molecule has 0 spiro atoms. The van der Waals surface area contributed by atoms with Gasteiger partial charge in [0, 0.05) is 26.2 Å². The molecule has 1 saturated heterocycles. The second-order valence-corrected chi connectivity index (χ2v) is 6.29. The summed E-state index contributed by atoms with van der Waals surface area (Å²) in [4.78, 5) is 25.9. The summed E-state index contributed by atoms with van der Waals surface area (Å²) in [5, 5.41) is 3.70. The number of ether oxygens (including phenoxy) is 1. The predicted octanol–water partition coefficient (Wildman–Crippen LogP) is 1.44. The molecule has 2 aromatic heterocycles. The number of fused-ring (bicyclic) bond motifs is 1. The number of rotatable bonds is 7. The van der Waals surface area contributed by atoms with Crippen molar-refractivity contribution in [3.05, 3.63) is 17.7 Å². The Balaban J connectivity index is 1.85. The number of nitrogens with zero attached hydrogens (tertiary/aromatic N) is 4.